The van der Waals surface area contributed by atoms with E-state index in [1.54, 1.807) is 12.1 Å². The number of ether oxygens (including phenoxy) is 3. The highest BCUT2D eigenvalue weighted by Gasteiger charge is 2.11. The standard InChI is InChI=1S/C22H22N2O5/c1-4-6-16-9-10-18(19(11-16)27-3)28-14-22(26)29-13-17-12-21(25)24-15(2)7-5-8-20(24)23-17/h4-12H,13-14H2,1-3H3/b6-4+. The van der Waals surface area contributed by atoms with Gasteiger partial charge >= 0.3 is 5.97 Å². The van der Waals surface area contributed by atoms with Gasteiger partial charge in [0.25, 0.3) is 5.56 Å². The van der Waals surface area contributed by atoms with E-state index in [1.807, 2.05) is 50.3 Å². The lowest BCUT2D eigenvalue weighted by Crippen LogP contribution is -2.19. The van der Waals surface area contributed by atoms with Crippen molar-refractivity contribution in [2.45, 2.75) is 20.5 Å². The molecule has 0 unspecified atom stereocenters. The molecule has 0 N–H and O–H groups in total. The van der Waals surface area contributed by atoms with E-state index in [4.69, 9.17) is 14.2 Å². The van der Waals surface area contributed by atoms with E-state index in [1.165, 1.54) is 17.6 Å². The Morgan fingerprint density at radius 3 is 2.76 bits per heavy atom. The van der Waals surface area contributed by atoms with Gasteiger partial charge < -0.3 is 14.2 Å². The maximum Gasteiger partial charge on any atom is 0.344 e. The number of esters is 1. The van der Waals surface area contributed by atoms with Gasteiger partial charge in [-0.15, -0.1) is 0 Å². The number of aryl methyl sites for hydroxylation is 1. The number of carbonyl (C=O) groups is 1. The molecule has 0 aliphatic rings. The molecule has 1 aromatic carbocycles. The lowest BCUT2D eigenvalue weighted by atomic mass is 10.2. The fourth-order valence-electron chi connectivity index (χ4n) is 2.87. The average Bonchev–Trinajstić information content (AvgIpc) is 2.71. The molecule has 29 heavy (non-hydrogen) atoms. The summed E-state index contributed by atoms with van der Waals surface area (Å²) in [5.41, 5.74) is 2.41. The molecule has 7 heteroatoms. The van der Waals surface area contributed by atoms with Crippen molar-refractivity contribution in [3.63, 3.8) is 0 Å². The van der Waals surface area contributed by atoms with Crippen LogP contribution in [0.4, 0.5) is 0 Å². The molecule has 3 aromatic rings. The predicted molar refractivity (Wildman–Crippen MR) is 109 cm³/mol. The highest BCUT2D eigenvalue weighted by Crippen LogP contribution is 2.28. The number of benzene rings is 1. The largest absolute Gasteiger partial charge is 0.493 e. The SMILES string of the molecule is C/C=C/c1ccc(OCC(=O)OCc2cc(=O)n3c(C)cccc3n2)c(OC)c1. The zero-order valence-corrected chi connectivity index (χ0v) is 16.5. The fraction of sp³-hybridized carbons (Fsp3) is 0.227. The van der Waals surface area contributed by atoms with Crippen molar-refractivity contribution in [2.75, 3.05) is 13.7 Å². The Morgan fingerprint density at radius 2 is 2.00 bits per heavy atom. The molecular formula is C22H22N2O5. The summed E-state index contributed by atoms with van der Waals surface area (Å²) in [5, 5.41) is 0. The second kappa shape index (κ2) is 9.05. The summed E-state index contributed by atoms with van der Waals surface area (Å²) in [6, 6.07) is 12.1. The fourth-order valence-corrected chi connectivity index (χ4v) is 2.87. The van der Waals surface area contributed by atoms with Crippen molar-refractivity contribution in [2.24, 2.45) is 0 Å². The summed E-state index contributed by atoms with van der Waals surface area (Å²) in [6.07, 6.45) is 3.85. The summed E-state index contributed by atoms with van der Waals surface area (Å²) in [6.45, 7) is 3.35. The number of pyridine rings is 1. The third-order valence-corrected chi connectivity index (χ3v) is 4.21. The molecular weight excluding hydrogens is 372 g/mol. The van der Waals surface area contributed by atoms with E-state index < -0.39 is 5.97 Å². The van der Waals surface area contributed by atoms with E-state index in [9.17, 15) is 9.59 Å². The third kappa shape index (κ3) is 4.82. The molecule has 3 rings (SSSR count). The van der Waals surface area contributed by atoms with Gasteiger partial charge in [0.1, 0.15) is 12.3 Å². The minimum Gasteiger partial charge on any atom is -0.493 e. The molecule has 0 amide bonds. The Bertz CT molecular complexity index is 1120. The normalized spacial score (nSPS) is 11.0. The number of nitrogens with zero attached hydrogens (tertiary/aromatic N) is 2. The second-order valence-electron chi connectivity index (χ2n) is 6.31. The first kappa shape index (κ1) is 20.1. The number of hydrogen-bond acceptors (Lipinski definition) is 6. The maximum atomic E-state index is 12.3. The van der Waals surface area contributed by atoms with Crippen LogP contribution in [0.15, 0.2) is 53.3 Å². The molecule has 0 saturated carbocycles. The van der Waals surface area contributed by atoms with Gasteiger partial charge in [-0.2, -0.15) is 0 Å². The molecule has 0 aliphatic carbocycles. The summed E-state index contributed by atoms with van der Waals surface area (Å²) in [7, 11) is 1.53. The van der Waals surface area contributed by atoms with Gasteiger partial charge in [0.2, 0.25) is 0 Å². The van der Waals surface area contributed by atoms with E-state index in [0.29, 0.717) is 22.8 Å². The number of allylic oxidation sites excluding steroid dienone is 1. The van der Waals surface area contributed by atoms with Crippen LogP contribution in [-0.2, 0) is 16.1 Å². The van der Waals surface area contributed by atoms with Crippen molar-refractivity contribution in [1.29, 1.82) is 0 Å². The van der Waals surface area contributed by atoms with Crippen LogP contribution in [0.3, 0.4) is 0 Å². The van der Waals surface area contributed by atoms with Gasteiger partial charge in [0.15, 0.2) is 18.1 Å². The molecule has 0 atom stereocenters. The van der Waals surface area contributed by atoms with E-state index in [-0.39, 0.29) is 18.8 Å². The quantitative estimate of drug-likeness (QED) is 0.573. The first-order valence-corrected chi connectivity index (χ1v) is 9.09. The molecule has 7 nitrogen and oxygen atoms in total. The molecule has 150 valence electrons. The minimum atomic E-state index is -0.573. The Labute approximate surface area is 168 Å². The third-order valence-electron chi connectivity index (χ3n) is 4.21. The summed E-state index contributed by atoms with van der Waals surface area (Å²) in [4.78, 5) is 28.7. The van der Waals surface area contributed by atoms with E-state index in [2.05, 4.69) is 4.98 Å². The van der Waals surface area contributed by atoms with Crippen LogP contribution >= 0.6 is 0 Å². The van der Waals surface area contributed by atoms with Crippen LogP contribution in [0, 0.1) is 6.92 Å². The average molecular weight is 394 g/mol. The van der Waals surface area contributed by atoms with Crippen molar-refractivity contribution >= 4 is 17.7 Å². The lowest BCUT2D eigenvalue weighted by molar-refractivity contribution is -0.147. The number of carbonyl (C=O) groups excluding carboxylic acids is 1. The molecule has 0 aliphatic heterocycles. The molecule has 2 heterocycles. The molecule has 2 aromatic heterocycles. The Balaban J connectivity index is 1.62. The number of fused-ring (bicyclic) bond motifs is 1. The summed E-state index contributed by atoms with van der Waals surface area (Å²) >= 11 is 0. The van der Waals surface area contributed by atoms with E-state index in [0.717, 1.165) is 11.3 Å². The van der Waals surface area contributed by atoms with Crippen LogP contribution < -0.4 is 15.0 Å². The first-order valence-electron chi connectivity index (χ1n) is 9.09. The van der Waals surface area contributed by atoms with Crippen molar-refractivity contribution < 1.29 is 19.0 Å². The lowest BCUT2D eigenvalue weighted by Gasteiger charge is -2.11. The van der Waals surface area contributed by atoms with Crippen molar-refractivity contribution in [1.82, 2.24) is 9.38 Å². The smallest absolute Gasteiger partial charge is 0.344 e. The molecule has 0 spiro atoms. The topological polar surface area (TPSA) is 79.1 Å². The molecule has 0 bridgehead atoms. The highest BCUT2D eigenvalue weighted by atomic mass is 16.6. The monoisotopic (exact) mass is 394 g/mol. The van der Waals surface area contributed by atoms with Gasteiger partial charge in [0, 0.05) is 11.8 Å². The van der Waals surface area contributed by atoms with Crippen molar-refractivity contribution in [3.8, 4) is 11.5 Å². The van der Waals surface area contributed by atoms with Crippen LogP contribution in [0.5, 0.6) is 11.5 Å². The Kier molecular flexibility index (Phi) is 6.29. The van der Waals surface area contributed by atoms with Gasteiger partial charge in [-0.3, -0.25) is 9.20 Å². The van der Waals surface area contributed by atoms with Crippen LogP contribution in [0.1, 0.15) is 23.9 Å². The molecule has 0 radical (unpaired) electrons. The van der Waals surface area contributed by atoms with Crippen molar-refractivity contribution in [3.05, 3.63) is 75.8 Å². The number of methoxy groups -OCH3 is 1. The Morgan fingerprint density at radius 1 is 1.17 bits per heavy atom. The van der Waals surface area contributed by atoms with Gasteiger partial charge in [0.05, 0.1) is 12.8 Å². The number of rotatable bonds is 7. The molecule has 0 saturated heterocycles. The van der Waals surface area contributed by atoms with Crippen LogP contribution in [0.25, 0.3) is 11.7 Å². The zero-order chi connectivity index (χ0) is 20.8. The molecule has 0 fully saturated rings. The number of hydrogen-bond donors (Lipinski definition) is 0. The van der Waals surface area contributed by atoms with Gasteiger partial charge in [-0.05, 0) is 43.7 Å². The summed E-state index contributed by atoms with van der Waals surface area (Å²) < 4.78 is 17.5. The van der Waals surface area contributed by atoms with Crippen LogP contribution in [-0.4, -0.2) is 29.1 Å². The minimum absolute atomic E-state index is 0.112. The van der Waals surface area contributed by atoms with Gasteiger partial charge in [-0.25, -0.2) is 9.78 Å². The summed E-state index contributed by atoms with van der Waals surface area (Å²) in [5.74, 6) is 0.388. The number of aromatic nitrogens is 2. The first-order chi connectivity index (χ1) is 14.0. The Hall–Kier alpha value is -3.61. The van der Waals surface area contributed by atoms with Crippen LogP contribution in [0.2, 0.25) is 0 Å². The van der Waals surface area contributed by atoms with Gasteiger partial charge in [-0.1, -0.05) is 24.3 Å². The second-order valence-corrected chi connectivity index (χ2v) is 6.31. The van der Waals surface area contributed by atoms with E-state index >= 15 is 0 Å². The predicted octanol–water partition coefficient (Wildman–Crippen LogP) is 3.17. The zero-order valence-electron chi connectivity index (χ0n) is 16.5. The highest BCUT2D eigenvalue weighted by molar-refractivity contribution is 5.71. The maximum absolute atomic E-state index is 12.3.